The van der Waals surface area contributed by atoms with Crippen LogP contribution in [-0.4, -0.2) is 39.8 Å². The summed E-state index contributed by atoms with van der Waals surface area (Å²) >= 11 is 5.95. The van der Waals surface area contributed by atoms with E-state index in [2.05, 4.69) is 11.1 Å². The molecule has 1 saturated heterocycles. The van der Waals surface area contributed by atoms with Gasteiger partial charge in [-0.15, -0.1) is 0 Å². The third-order valence-electron chi connectivity index (χ3n) is 3.46. The first-order valence-electron chi connectivity index (χ1n) is 7.71. The van der Waals surface area contributed by atoms with Gasteiger partial charge in [0.15, 0.2) is 0 Å². The second-order valence-electron chi connectivity index (χ2n) is 6.64. The summed E-state index contributed by atoms with van der Waals surface area (Å²) in [5.74, 6) is 0. The van der Waals surface area contributed by atoms with Gasteiger partial charge in [-0.25, -0.2) is 9.78 Å². The number of hydrogen-bond donors (Lipinski definition) is 1. The average molecular weight is 339 g/mol. The second-order valence-corrected chi connectivity index (χ2v) is 7.03. The number of pyridine rings is 1. The largest absolute Gasteiger partial charge is 0.444 e. The molecule has 1 aromatic heterocycles. The highest BCUT2D eigenvalue weighted by atomic mass is 35.5. The van der Waals surface area contributed by atoms with Crippen LogP contribution in [0.25, 0.3) is 6.08 Å². The maximum Gasteiger partial charge on any atom is 0.410 e. The zero-order valence-electron chi connectivity index (χ0n) is 13.8. The van der Waals surface area contributed by atoms with E-state index in [9.17, 15) is 9.90 Å². The van der Waals surface area contributed by atoms with E-state index in [1.807, 2.05) is 26.8 Å². The topological polar surface area (TPSA) is 62.7 Å². The lowest BCUT2D eigenvalue weighted by molar-refractivity contribution is 0.0237. The number of rotatable bonds is 2. The maximum absolute atomic E-state index is 12.0. The Morgan fingerprint density at radius 3 is 2.61 bits per heavy atom. The zero-order valence-corrected chi connectivity index (χ0v) is 14.6. The lowest BCUT2D eigenvalue weighted by Crippen LogP contribution is -2.40. The van der Waals surface area contributed by atoms with Crippen molar-refractivity contribution >= 4 is 23.8 Å². The normalized spacial score (nSPS) is 15.5. The Kier molecular flexibility index (Phi) is 5.65. The Hall–Kier alpha value is -1.59. The Morgan fingerprint density at radius 1 is 1.39 bits per heavy atom. The smallest absolute Gasteiger partial charge is 0.410 e. The van der Waals surface area contributed by atoms with Gasteiger partial charge in [0.2, 0.25) is 0 Å². The lowest BCUT2D eigenvalue weighted by Gasteiger charge is -2.31. The van der Waals surface area contributed by atoms with Crippen molar-refractivity contribution < 1.29 is 14.6 Å². The Balaban J connectivity index is 1.99. The van der Waals surface area contributed by atoms with Crippen LogP contribution in [0.4, 0.5) is 4.79 Å². The molecule has 0 saturated carbocycles. The molecular formula is C17H23ClN2O3. The molecule has 1 fully saturated rings. The lowest BCUT2D eigenvalue weighted by atomic mass is 10.0. The third-order valence-corrected chi connectivity index (χ3v) is 3.65. The number of amides is 1. The van der Waals surface area contributed by atoms with Crippen molar-refractivity contribution in [1.82, 2.24) is 9.88 Å². The standard InChI is InChI=1S/C17H23ClN2O3/c1-17(2,3)23-16(22)20-6-4-12(5-7-20)8-13-9-14(11-21)19-15(18)10-13/h8-10,21H,4-7,11H2,1-3H3. The molecule has 0 radical (unpaired) electrons. The highest BCUT2D eigenvalue weighted by Gasteiger charge is 2.24. The van der Waals surface area contributed by atoms with Gasteiger partial charge in [0, 0.05) is 13.1 Å². The van der Waals surface area contributed by atoms with E-state index in [1.54, 1.807) is 11.0 Å². The summed E-state index contributed by atoms with van der Waals surface area (Å²) in [4.78, 5) is 17.8. The van der Waals surface area contributed by atoms with Crippen molar-refractivity contribution in [2.75, 3.05) is 13.1 Å². The van der Waals surface area contributed by atoms with Crippen molar-refractivity contribution in [3.8, 4) is 0 Å². The SMILES string of the molecule is CC(C)(C)OC(=O)N1CCC(=Cc2cc(Cl)nc(CO)c2)CC1. The summed E-state index contributed by atoms with van der Waals surface area (Å²) in [6.45, 7) is 6.76. The molecule has 23 heavy (non-hydrogen) atoms. The molecule has 1 amide bonds. The Labute approximate surface area is 141 Å². The molecule has 0 bridgehead atoms. The molecule has 2 rings (SSSR count). The van der Waals surface area contributed by atoms with Crippen molar-refractivity contribution in [2.24, 2.45) is 0 Å². The summed E-state index contributed by atoms with van der Waals surface area (Å²) in [6.07, 6.45) is 3.39. The Morgan fingerprint density at radius 2 is 2.04 bits per heavy atom. The fourth-order valence-electron chi connectivity index (χ4n) is 2.42. The number of ether oxygens (including phenoxy) is 1. The molecule has 1 aliphatic heterocycles. The van der Waals surface area contributed by atoms with Crippen LogP contribution in [0.1, 0.15) is 44.9 Å². The predicted molar refractivity (Wildman–Crippen MR) is 90.2 cm³/mol. The molecule has 0 aromatic carbocycles. The van der Waals surface area contributed by atoms with Gasteiger partial charge in [0.1, 0.15) is 10.8 Å². The van der Waals surface area contributed by atoms with Gasteiger partial charge in [0.05, 0.1) is 12.3 Å². The number of aliphatic hydroxyl groups excluding tert-OH is 1. The number of aliphatic hydroxyl groups is 1. The third kappa shape index (κ3) is 5.52. The zero-order chi connectivity index (χ0) is 17.0. The number of halogens is 1. The van der Waals surface area contributed by atoms with Crippen molar-refractivity contribution in [1.29, 1.82) is 0 Å². The molecular weight excluding hydrogens is 316 g/mol. The highest BCUT2D eigenvalue weighted by Crippen LogP contribution is 2.22. The average Bonchev–Trinajstić information content (AvgIpc) is 2.45. The van der Waals surface area contributed by atoms with Crippen LogP contribution in [-0.2, 0) is 11.3 Å². The van der Waals surface area contributed by atoms with Gasteiger partial charge in [-0.2, -0.15) is 0 Å². The highest BCUT2D eigenvalue weighted by molar-refractivity contribution is 6.29. The van der Waals surface area contributed by atoms with Gasteiger partial charge in [-0.1, -0.05) is 23.3 Å². The van der Waals surface area contributed by atoms with E-state index in [0.717, 1.165) is 18.4 Å². The van der Waals surface area contributed by atoms with Crippen LogP contribution >= 0.6 is 11.6 Å². The van der Waals surface area contributed by atoms with Crippen molar-refractivity contribution in [2.45, 2.75) is 45.8 Å². The summed E-state index contributed by atoms with van der Waals surface area (Å²) in [6, 6.07) is 3.59. The summed E-state index contributed by atoms with van der Waals surface area (Å²) in [7, 11) is 0. The molecule has 0 atom stereocenters. The quantitative estimate of drug-likeness (QED) is 0.836. The minimum absolute atomic E-state index is 0.136. The molecule has 0 aliphatic carbocycles. The van der Waals surface area contributed by atoms with Gasteiger partial charge < -0.3 is 14.7 Å². The summed E-state index contributed by atoms with van der Waals surface area (Å²) < 4.78 is 5.39. The molecule has 126 valence electrons. The van der Waals surface area contributed by atoms with Crippen LogP contribution in [0.5, 0.6) is 0 Å². The van der Waals surface area contributed by atoms with E-state index in [0.29, 0.717) is 23.9 Å². The Bertz CT molecular complexity index is 598. The fraction of sp³-hybridized carbons (Fsp3) is 0.529. The number of aromatic nitrogens is 1. The molecule has 0 spiro atoms. The first kappa shape index (κ1) is 17.8. The number of piperidine rings is 1. The molecule has 2 heterocycles. The molecule has 5 nitrogen and oxygen atoms in total. The van der Waals surface area contributed by atoms with E-state index in [4.69, 9.17) is 16.3 Å². The number of likely N-dealkylation sites (tertiary alicyclic amines) is 1. The van der Waals surface area contributed by atoms with Gasteiger partial charge in [0.25, 0.3) is 0 Å². The van der Waals surface area contributed by atoms with Crippen molar-refractivity contribution in [3.05, 3.63) is 34.1 Å². The van der Waals surface area contributed by atoms with Crippen LogP contribution in [0, 0.1) is 0 Å². The van der Waals surface area contributed by atoms with E-state index >= 15 is 0 Å². The van der Waals surface area contributed by atoms with Gasteiger partial charge in [-0.3, -0.25) is 0 Å². The number of hydrogen-bond acceptors (Lipinski definition) is 4. The number of carbonyl (C=O) groups excluding carboxylic acids is 1. The first-order valence-corrected chi connectivity index (χ1v) is 8.09. The molecule has 1 N–H and O–H groups in total. The number of nitrogens with zero attached hydrogens (tertiary/aromatic N) is 2. The van der Waals surface area contributed by atoms with Crippen LogP contribution in [0.15, 0.2) is 17.7 Å². The first-order chi connectivity index (χ1) is 10.8. The molecule has 6 heteroatoms. The monoisotopic (exact) mass is 338 g/mol. The van der Waals surface area contributed by atoms with Crippen LogP contribution < -0.4 is 0 Å². The van der Waals surface area contributed by atoms with Crippen LogP contribution in [0.3, 0.4) is 0 Å². The minimum atomic E-state index is -0.471. The van der Waals surface area contributed by atoms with E-state index in [1.165, 1.54) is 5.57 Å². The fourth-order valence-corrected chi connectivity index (χ4v) is 2.66. The van der Waals surface area contributed by atoms with E-state index in [-0.39, 0.29) is 12.7 Å². The van der Waals surface area contributed by atoms with Gasteiger partial charge in [-0.05, 0) is 51.3 Å². The predicted octanol–water partition coefficient (Wildman–Crippen LogP) is 3.64. The molecule has 1 aromatic rings. The van der Waals surface area contributed by atoms with E-state index < -0.39 is 5.60 Å². The van der Waals surface area contributed by atoms with Crippen LogP contribution in [0.2, 0.25) is 5.15 Å². The van der Waals surface area contributed by atoms with Crippen molar-refractivity contribution in [3.63, 3.8) is 0 Å². The molecule has 0 unspecified atom stereocenters. The summed E-state index contributed by atoms with van der Waals surface area (Å²) in [5, 5.41) is 9.55. The maximum atomic E-state index is 12.0. The molecule has 1 aliphatic rings. The second kappa shape index (κ2) is 7.32. The minimum Gasteiger partial charge on any atom is -0.444 e. The van der Waals surface area contributed by atoms with Gasteiger partial charge >= 0.3 is 6.09 Å². The number of carbonyl (C=O) groups is 1. The summed E-state index contributed by atoms with van der Waals surface area (Å²) in [5.41, 5.74) is 2.25.